The molecule has 0 aliphatic rings. The van der Waals surface area contributed by atoms with Gasteiger partial charge in [-0.05, 0) is 71.2 Å². The van der Waals surface area contributed by atoms with Gasteiger partial charge in [0.2, 0.25) is 0 Å². The van der Waals surface area contributed by atoms with Crippen LogP contribution < -0.4 is 18.9 Å². The highest BCUT2D eigenvalue weighted by atomic mass is 16.5. The van der Waals surface area contributed by atoms with Crippen LogP contribution in [0.3, 0.4) is 0 Å². The molecule has 0 aromatic heterocycles. The van der Waals surface area contributed by atoms with Crippen molar-refractivity contribution in [3.05, 3.63) is 119 Å². The molecule has 0 fully saturated rings. The van der Waals surface area contributed by atoms with Gasteiger partial charge in [0.05, 0.1) is 14.2 Å². The van der Waals surface area contributed by atoms with Crippen LogP contribution in [-0.4, -0.2) is 14.2 Å². The topological polar surface area (TPSA) is 36.9 Å². The lowest BCUT2D eigenvalue weighted by Crippen LogP contribution is -2.14. The third-order valence-corrected chi connectivity index (χ3v) is 7.02. The maximum atomic E-state index is 6.03. The zero-order valence-corrected chi connectivity index (χ0v) is 22.9. The number of ether oxygens (including phenoxy) is 4. The van der Waals surface area contributed by atoms with Crippen molar-refractivity contribution in [2.24, 2.45) is 11.8 Å². The Kier molecular flexibility index (Phi) is 9.69. The first-order valence-electron chi connectivity index (χ1n) is 13.2. The Morgan fingerprint density at radius 3 is 1.24 bits per heavy atom. The summed E-state index contributed by atoms with van der Waals surface area (Å²) in [4.78, 5) is 0. The Morgan fingerprint density at radius 1 is 0.474 bits per heavy atom. The second-order valence-electron chi connectivity index (χ2n) is 9.88. The Hall–Kier alpha value is -3.92. The quantitative estimate of drug-likeness (QED) is 0.171. The predicted molar refractivity (Wildman–Crippen MR) is 153 cm³/mol. The van der Waals surface area contributed by atoms with Gasteiger partial charge < -0.3 is 18.9 Å². The lowest BCUT2D eigenvalue weighted by molar-refractivity contribution is 0.283. The Balaban J connectivity index is 1.34. The molecule has 2 unspecified atom stereocenters. The molecule has 4 aromatic carbocycles. The molecular weight excluding hydrogens is 474 g/mol. The fraction of sp³-hybridized carbons (Fsp3) is 0.294. The molecule has 2 atom stereocenters. The minimum atomic E-state index is 0.482. The minimum Gasteiger partial charge on any atom is -0.493 e. The molecule has 0 saturated heterocycles. The monoisotopic (exact) mass is 512 g/mol. The molecule has 198 valence electrons. The molecule has 4 nitrogen and oxygen atoms in total. The van der Waals surface area contributed by atoms with E-state index in [1.807, 2.05) is 48.5 Å². The molecule has 4 heteroatoms. The summed E-state index contributed by atoms with van der Waals surface area (Å²) in [5.74, 6) is 4.04. The van der Waals surface area contributed by atoms with Crippen molar-refractivity contribution >= 4 is 0 Å². The molecule has 0 saturated carbocycles. The summed E-state index contributed by atoms with van der Waals surface area (Å²) in [6, 6.07) is 32.9. The Labute approximate surface area is 227 Å². The van der Waals surface area contributed by atoms with Gasteiger partial charge >= 0.3 is 0 Å². The average Bonchev–Trinajstić information content (AvgIpc) is 2.96. The number of rotatable bonds is 13. The maximum Gasteiger partial charge on any atom is 0.161 e. The number of methoxy groups -OCH3 is 2. The van der Waals surface area contributed by atoms with Crippen molar-refractivity contribution < 1.29 is 18.9 Å². The van der Waals surface area contributed by atoms with Gasteiger partial charge in [0, 0.05) is 0 Å². The van der Waals surface area contributed by atoms with Crippen LogP contribution in [0.1, 0.15) is 36.1 Å². The van der Waals surface area contributed by atoms with Crippen molar-refractivity contribution in [3.8, 4) is 23.0 Å². The summed E-state index contributed by atoms with van der Waals surface area (Å²) in [6.07, 6.45) is 1.93. The normalized spacial score (nSPS) is 12.4. The Bertz CT molecular complexity index is 1170. The van der Waals surface area contributed by atoms with E-state index in [-0.39, 0.29) is 0 Å². The third kappa shape index (κ3) is 7.55. The molecule has 0 radical (unpaired) electrons. The van der Waals surface area contributed by atoms with E-state index in [0.717, 1.165) is 47.0 Å². The molecule has 4 rings (SSSR count). The molecule has 0 spiro atoms. The fourth-order valence-electron chi connectivity index (χ4n) is 4.53. The van der Waals surface area contributed by atoms with Crippen molar-refractivity contribution in [2.45, 2.75) is 39.9 Å². The molecule has 4 aromatic rings. The molecule has 0 aliphatic heterocycles. The molecule has 38 heavy (non-hydrogen) atoms. The highest BCUT2D eigenvalue weighted by Crippen LogP contribution is 2.33. The number of hydrogen-bond acceptors (Lipinski definition) is 4. The molecule has 0 N–H and O–H groups in total. The van der Waals surface area contributed by atoms with Gasteiger partial charge in [-0.2, -0.15) is 0 Å². The van der Waals surface area contributed by atoms with E-state index >= 15 is 0 Å². The fourth-order valence-corrected chi connectivity index (χ4v) is 4.53. The highest BCUT2D eigenvalue weighted by Gasteiger charge is 2.17. The van der Waals surface area contributed by atoms with E-state index < -0.39 is 0 Å². The molecule has 0 aliphatic carbocycles. The lowest BCUT2D eigenvalue weighted by Gasteiger charge is -2.21. The van der Waals surface area contributed by atoms with E-state index in [0.29, 0.717) is 25.0 Å². The highest BCUT2D eigenvalue weighted by molar-refractivity contribution is 5.44. The SMILES string of the molecule is COc1cc([13CH2]C(C)C(C)[13CH2]c2ccc(OCc3ccccc3)c(OC)c2)ccc1OCc1ccccc1. The van der Waals surface area contributed by atoms with Gasteiger partial charge in [0.25, 0.3) is 0 Å². The summed E-state index contributed by atoms with van der Waals surface area (Å²) in [6.45, 7) is 5.66. The van der Waals surface area contributed by atoms with E-state index in [2.05, 4.69) is 62.4 Å². The van der Waals surface area contributed by atoms with Gasteiger partial charge in [0.1, 0.15) is 13.2 Å². The first-order chi connectivity index (χ1) is 18.6. The van der Waals surface area contributed by atoms with Crippen LogP contribution in [0.25, 0.3) is 0 Å². The van der Waals surface area contributed by atoms with Crippen molar-refractivity contribution in [3.63, 3.8) is 0 Å². The van der Waals surface area contributed by atoms with Gasteiger partial charge in [0.15, 0.2) is 23.0 Å². The average molecular weight is 513 g/mol. The van der Waals surface area contributed by atoms with Crippen LogP contribution in [0.2, 0.25) is 0 Å². The lowest BCUT2D eigenvalue weighted by atomic mass is 10.0. The summed E-state index contributed by atoms with van der Waals surface area (Å²) < 4.78 is 23.3. The first-order valence-corrected chi connectivity index (χ1v) is 13.2. The molecular formula is C34H38O4. The second kappa shape index (κ2) is 13.6. The summed E-state index contributed by atoms with van der Waals surface area (Å²) >= 11 is 0. The summed E-state index contributed by atoms with van der Waals surface area (Å²) in [5.41, 5.74) is 4.76. The van der Waals surface area contributed by atoms with E-state index in [4.69, 9.17) is 18.9 Å². The molecule has 0 heterocycles. The number of hydrogen-bond donors (Lipinski definition) is 0. The van der Waals surface area contributed by atoms with Crippen LogP contribution in [-0.2, 0) is 26.1 Å². The molecule has 0 amide bonds. The van der Waals surface area contributed by atoms with E-state index in [1.54, 1.807) is 14.2 Å². The smallest absolute Gasteiger partial charge is 0.161 e. The third-order valence-electron chi connectivity index (χ3n) is 7.02. The predicted octanol–water partition coefficient (Wildman–Crippen LogP) is 7.92. The van der Waals surface area contributed by atoms with E-state index in [1.165, 1.54) is 11.1 Å². The van der Waals surface area contributed by atoms with Crippen LogP contribution in [0, 0.1) is 11.8 Å². The van der Waals surface area contributed by atoms with Crippen LogP contribution in [0.4, 0.5) is 0 Å². The molecule has 0 bridgehead atoms. The van der Waals surface area contributed by atoms with Crippen LogP contribution in [0.5, 0.6) is 23.0 Å². The summed E-state index contributed by atoms with van der Waals surface area (Å²) in [5, 5.41) is 0. The van der Waals surface area contributed by atoms with Crippen molar-refractivity contribution in [1.82, 2.24) is 0 Å². The second-order valence-corrected chi connectivity index (χ2v) is 9.88. The van der Waals surface area contributed by atoms with Gasteiger partial charge in [-0.3, -0.25) is 0 Å². The maximum absolute atomic E-state index is 6.03. The van der Waals surface area contributed by atoms with Gasteiger partial charge in [-0.25, -0.2) is 0 Å². The van der Waals surface area contributed by atoms with Crippen LogP contribution in [0.15, 0.2) is 97.1 Å². The Morgan fingerprint density at radius 2 is 0.868 bits per heavy atom. The van der Waals surface area contributed by atoms with Crippen molar-refractivity contribution in [1.29, 1.82) is 0 Å². The zero-order chi connectivity index (χ0) is 26.7. The summed E-state index contributed by atoms with van der Waals surface area (Å²) in [7, 11) is 3.39. The van der Waals surface area contributed by atoms with Crippen molar-refractivity contribution in [2.75, 3.05) is 14.2 Å². The van der Waals surface area contributed by atoms with Gasteiger partial charge in [-0.15, -0.1) is 0 Å². The zero-order valence-electron chi connectivity index (χ0n) is 22.9. The van der Waals surface area contributed by atoms with E-state index in [9.17, 15) is 0 Å². The first kappa shape index (κ1) is 27.1. The number of benzene rings is 4. The van der Waals surface area contributed by atoms with Gasteiger partial charge in [-0.1, -0.05) is 86.6 Å². The van der Waals surface area contributed by atoms with Crippen LogP contribution >= 0.6 is 0 Å². The standard InChI is InChI=1S/C34H38O4/c1-25(19-29-15-17-31(33(21-29)35-3)37-23-27-11-7-5-8-12-27)26(2)20-30-16-18-32(34(22-30)36-4)38-24-28-13-9-6-10-14-28/h5-18,21-22,25-26H,19-20,23-24H2,1-4H3/i19+1,20+1. The minimum absolute atomic E-state index is 0.482. The largest absolute Gasteiger partial charge is 0.493 e.